The van der Waals surface area contributed by atoms with Crippen LogP contribution in [0.3, 0.4) is 0 Å². The van der Waals surface area contributed by atoms with Crippen molar-refractivity contribution in [1.82, 2.24) is 0 Å². The number of hydrogen-bond acceptors (Lipinski definition) is 1. The van der Waals surface area contributed by atoms with Crippen molar-refractivity contribution in [2.24, 2.45) is 11.1 Å². The van der Waals surface area contributed by atoms with Crippen LogP contribution in [0.15, 0.2) is 60.7 Å². The zero-order valence-corrected chi connectivity index (χ0v) is 12.3. The standard InChI is InChI=1S/C19H21NO/c1-14(15-8-4-2-5-9-15)19(18(20)21)13-12-17(19)16-10-6-3-7-11-16/h2-11,14,17H,12-13H2,1H3,(H2,20,21). The molecule has 0 aliphatic heterocycles. The maximum Gasteiger partial charge on any atom is 0.224 e. The summed E-state index contributed by atoms with van der Waals surface area (Å²) >= 11 is 0. The second-order valence-electron chi connectivity index (χ2n) is 6.04. The fourth-order valence-electron chi connectivity index (χ4n) is 3.81. The van der Waals surface area contributed by atoms with Crippen LogP contribution in [0.4, 0.5) is 0 Å². The number of carbonyl (C=O) groups excluding carboxylic acids is 1. The molecule has 0 aromatic heterocycles. The lowest BCUT2D eigenvalue weighted by Crippen LogP contribution is -2.52. The van der Waals surface area contributed by atoms with Gasteiger partial charge in [0.15, 0.2) is 0 Å². The summed E-state index contributed by atoms with van der Waals surface area (Å²) in [6.07, 6.45) is 1.90. The second kappa shape index (κ2) is 5.36. The van der Waals surface area contributed by atoms with E-state index in [1.165, 1.54) is 11.1 Å². The van der Waals surface area contributed by atoms with Crippen LogP contribution in [0.2, 0.25) is 0 Å². The van der Waals surface area contributed by atoms with Crippen molar-refractivity contribution < 1.29 is 4.79 Å². The van der Waals surface area contributed by atoms with Crippen LogP contribution in [0.5, 0.6) is 0 Å². The zero-order chi connectivity index (χ0) is 14.9. The van der Waals surface area contributed by atoms with Crippen molar-refractivity contribution in [2.75, 3.05) is 0 Å². The van der Waals surface area contributed by atoms with Crippen molar-refractivity contribution in [3.8, 4) is 0 Å². The normalized spacial score (nSPS) is 25.9. The average Bonchev–Trinajstić information content (AvgIpc) is 2.48. The topological polar surface area (TPSA) is 43.1 Å². The minimum atomic E-state index is -0.456. The third-order valence-corrected chi connectivity index (χ3v) is 5.20. The average molecular weight is 279 g/mol. The lowest BCUT2D eigenvalue weighted by molar-refractivity contribution is -0.136. The van der Waals surface area contributed by atoms with Gasteiger partial charge in [-0.1, -0.05) is 67.6 Å². The molecule has 0 saturated heterocycles. The Hall–Kier alpha value is -2.09. The van der Waals surface area contributed by atoms with Gasteiger partial charge >= 0.3 is 0 Å². The van der Waals surface area contributed by atoms with E-state index < -0.39 is 5.41 Å². The molecule has 3 unspecified atom stereocenters. The summed E-state index contributed by atoms with van der Waals surface area (Å²) < 4.78 is 0. The lowest BCUT2D eigenvalue weighted by Gasteiger charge is -2.51. The van der Waals surface area contributed by atoms with E-state index in [0.29, 0.717) is 0 Å². The molecule has 1 amide bonds. The highest BCUT2D eigenvalue weighted by atomic mass is 16.1. The molecule has 108 valence electrons. The van der Waals surface area contributed by atoms with Gasteiger partial charge in [-0.3, -0.25) is 4.79 Å². The Morgan fingerprint density at radius 3 is 2.14 bits per heavy atom. The Kier molecular flexibility index (Phi) is 3.54. The first-order chi connectivity index (χ1) is 10.2. The SMILES string of the molecule is CC(c1ccccc1)C1(C(N)=O)CCC1c1ccccc1. The molecule has 1 aliphatic carbocycles. The van der Waals surface area contributed by atoms with Gasteiger partial charge in [-0.2, -0.15) is 0 Å². The molecular formula is C19H21NO. The molecule has 2 nitrogen and oxygen atoms in total. The molecule has 1 fully saturated rings. The van der Waals surface area contributed by atoms with E-state index in [4.69, 9.17) is 5.73 Å². The molecule has 1 saturated carbocycles. The fraction of sp³-hybridized carbons (Fsp3) is 0.316. The van der Waals surface area contributed by atoms with E-state index in [9.17, 15) is 4.79 Å². The van der Waals surface area contributed by atoms with Crippen molar-refractivity contribution >= 4 is 5.91 Å². The third kappa shape index (κ3) is 2.15. The van der Waals surface area contributed by atoms with Crippen LogP contribution in [0.25, 0.3) is 0 Å². The van der Waals surface area contributed by atoms with Crippen molar-refractivity contribution in [1.29, 1.82) is 0 Å². The summed E-state index contributed by atoms with van der Waals surface area (Å²) in [5.74, 6) is 0.195. The van der Waals surface area contributed by atoms with Gasteiger partial charge in [0.2, 0.25) is 5.91 Å². The summed E-state index contributed by atoms with van der Waals surface area (Å²) in [7, 11) is 0. The van der Waals surface area contributed by atoms with Crippen molar-refractivity contribution in [3.05, 3.63) is 71.8 Å². The van der Waals surface area contributed by atoms with Gasteiger partial charge in [0.25, 0.3) is 0 Å². The largest absolute Gasteiger partial charge is 0.369 e. The van der Waals surface area contributed by atoms with Crippen LogP contribution in [-0.4, -0.2) is 5.91 Å². The predicted octanol–water partition coefficient (Wildman–Crippen LogP) is 3.84. The zero-order valence-electron chi connectivity index (χ0n) is 12.3. The first kappa shape index (κ1) is 13.9. The minimum Gasteiger partial charge on any atom is -0.369 e. The van der Waals surface area contributed by atoms with Gasteiger partial charge < -0.3 is 5.73 Å². The quantitative estimate of drug-likeness (QED) is 0.908. The van der Waals surface area contributed by atoms with E-state index in [-0.39, 0.29) is 17.7 Å². The molecule has 0 bridgehead atoms. The minimum absolute atomic E-state index is 0.134. The monoisotopic (exact) mass is 279 g/mol. The summed E-state index contributed by atoms with van der Waals surface area (Å²) in [6, 6.07) is 20.5. The lowest BCUT2D eigenvalue weighted by atomic mass is 9.51. The maximum absolute atomic E-state index is 12.3. The number of primary amides is 1. The van der Waals surface area contributed by atoms with Gasteiger partial charge in [0.1, 0.15) is 0 Å². The van der Waals surface area contributed by atoms with Gasteiger partial charge in [0, 0.05) is 0 Å². The Balaban J connectivity index is 2.00. The number of hydrogen-bond donors (Lipinski definition) is 1. The molecule has 0 heterocycles. The molecular weight excluding hydrogens is 258 g/mol. The van der Waals surface area contributed by atoms with E-state index in [0.717, 1.165) is 12.8 Å². The number of carbonyl (C=O) groups is 1. The summed E-state index contributed by atoms with van der Waals surface area (Å²) in [5.41, 5.74) is 7.82. The van der Waals surface area contributed by atoms with E-state index in [1.54, 1.807) is 0 Å². The first-order valence-electron chi connectivity index (χ1n) is 7.56. The van der Waals surface area contributed by atoms with E-state index in [2.05, 4.69) is 31.2 Å². The van der Waals surface area contributed by atoms with Crippen LogP contribution in [0, 0.1) is 5.41 Å². The van der Waals surface area contributed by atoms with Gasteiger partial charge in [0.05, 0.1) is 5.41 Å². The molecule has 3 atom stereocenters. The molecule has 0 radical (unpaired) electrons. The highest BCUT2D eigenvalue weighted by Gasteiger charge is 2.55. The summed E-state index contributed by atoms with van der Waals surface area (Å²) in [4.78, 5) is 12.3. The van der Waals surface area contributed by atoms with Crippen LogP contribution >= 0.6 is 0 Å². The highest BCUT2D eigenvalue weighted by Crippen LogP contribution is 2.59. The Morgan fingerprint density at radius 2 is 1.67 bits per heavy atom. The second-order valence-corrected chi connectivity index (χ2v) is 6.04. The fourth-order valence-corrected chi connectivity index (χ4v) is 3.81. The summed E-state index contributed by atoms with van der Waals surface area (Å²) in [5, 5.41) is 0. The molecule has 1 aliphatic rings. The molecule has 3 rings (SSSR count). The van der Waals surface area contributed by atoms with Gasteiger partial charge in [-0.25, -0.2) is 0 Å². The molecule has 0 spiro atoms. The smallest absolute Gasteiger partial charge is 0.224 e. The molecule has 2 aromatic carbocycles. The molecule has 21 heavy (non-hydrogen) atoms. The third-order valence-electron chi connectivity index (χ3n) is 5.20. The van der Waals surface area contributed by atoms with Crippen LogP contribution < -0.4 is 5.73 Å². The molecule has 2 heteroatoms. The van der Waals surface area contributed by atoms with Crippen LogP contribution in [-0.2, 0) is 4.79 Å². The number of nitrogens with two attached hydrogens (primary N) is 1. The number of amides is 1. The van der Waals surface area contributed by atoms with Gasteiger partial charge in [-0.15, -0.1) is 0 Å². The van der Waals surface area contributed by atoms with E-state index >= 15 is 0 Å². The Morgan fingerprint density at radius 1 is 1.10 bits per heavy atom. The highest BCUT2D eigenvalue weighted by molar-refractivity contribution is 5.84. The van der Waals surface area contributed by atoms with Crippen LogP contribution in [0.1, 0.15) is 42.7 Å². The van der Waals surface area contributed by atoms with Gasteiger partial charge in [-0.05, 0) is 35.8 Å². The first-order valence-corrected chi connectivity index (χ1v) is 7.56. The molecule has 2 aromatic rings. The Bertz CT molecular complexity index is 579. The van der Waals surface area contributed by atoms with Crippen molar-refractivity contribution in [2.45, 2.75) is 31.6 Å². The molecule has 2 N–H and O–H groups in total. The van der Waals surface area contributed by atoms with E-state index in [1.807, 2.05) is 36.4 Å². The number of benzene rings is 2. The Labute approximate surface area is 126 Å². The van der Waals surface area contributed by atoms with Crippen molar-refractivity contribution in [3.63, 3.8) is 0 Å². The maximum atomic E-state index is 12.3. The predicted molar refractivity (Wildman–Crippen MR) is 84.9 cm³/mol. The number of rotatable bonds is 4. The summed E-state index contributed by atoms with van der Waals surface area (Å²) in [6.45, 7) is 2.13.